The number of amides is 2. The van der Waals surface area contributed by atoms with E-state index in [1.165, 1.54) is 6.07 Å². The molecule has 0 spiro atoms. The molecule has 5 rings (SSSR count). The highest BCUT2D eigenvalue weighted by Crippen LogP contribution is 2.47. The van der Waals surface area contributed by atoms with Gasteiger partial charge < -0.3 is 19.9 Å². The minimum atomic E-state index is -0.795. The molecule has 6 nitrogen and oxygen atoms in total. The number of anilines is 1. The molecule has 2 bridgehead atoms. The van der Waals surface area contributed by atoms with Crippen LogP contribution in [-0.2, 0) is 9.59 Å². The van der Waals surface area contributed by atoms with Gasteiger partial charge in [-0.1, -0.05) is 30.3 Å². The van der Waals surface area contributed by atoms with Crippen LogP contribution in [0.5, 0.6) is 5.75 Å². The number of carbonyl (C=O) groups excluding carboxylic acids is 2. The number of nitrogens with one attached hydrogen (secondary N) is 1. The Bertz CT molecular complexity index is 1000. The smallest absolute Gasteiger partial charge is 0.236 e. The van der Waals surface area contributed by atoms with E-state index in [1.54, 1.807) is 17.0 Å². The topological polar surface area (TPSA) is 61.9 Å². The largest absolute Gasteiger partial charge is 0.468 e. The predicted octanol–water partition coefficient (Wildman–Crippen LogP) is 2.50. The van der Waals surface area contributed by atoms with Crippen LogP contribution in [0.2, 0.25) is 0 Å². The molecule has 0 radical (unpaired) electrons. The highest BCUT2D eigenvalue weighted by molar-refractivity contribution is 6.02. The average Bonchev–Trinajstić information content (AvgIpc) is 2.73. The summed E-state index contributed by atoms with van der Waals surface area (Å²) in [6.07, 6.45) is 0.557. The standard InChI is InChI=1S/C23H24FN3O3/c1-23-14-16(15-6-2-5-9-19(15)30-23)20(21(28)25-23)22(29)27-12-10-26(11-13-27)18-8-4-3-7-17(18)24/h2-9,16,20H,10-14H2,1H3,(H,25,28)/t16-,20+,23+/m1/s1. The number of nitrogens with zero attached hydrogens (tertiary/aromatic N) is 2. The van der Waals surface area contributed by atoms with E-state index >= 15 is 0 Å². The molecule has 0 saturated carbocycles. The Morgan fingerprint density at radius 3 is 2.57 bits per heavy atom. The number of carbonyl (C=O) groups is 2. The van der Waals surface area contributed by atoms with E-state index < -0.39 is 11.6 Å². The molecular formula is C23H24FN3O3. The molecule has 3 atom stereocenters. The molecule has 156 valence electrons. The van der Waals surface area contributed by atoms with Crippen LogP contribution in [0.4, 0.5) is 10.1 Å². The summed E-state index contributed by atoms with van der Waals surface area (Å²) in [6, 6.07) is 14.3. The lowest BCUT2D eigenvalue weighted by atomic mass is 9.74. The quantitative estimate of drug-likeness (QED) is 0.775. The maximum absolute atomic E-state index is 14.1. The van der Waals surface area contributed by atoms with Gasteiger partial charge in [-0.3, -0.25) is 9.59 Å². The Morgan fingerprint density at radius 2 is 1.80 bits per heavy atom. The first kappa shape index (κ1) is 18.9. The van der Waals surface area contributed by atoms with Gasteiger partial charge in [0.05, 0.1) is 5.69 Å². The molecule has 2 aromatic rings. The SMILES string of the molecule is C[C@@]12C[C@H](c3ccccc3O1)[C@H](C(=O)N1CCN(c3ccccc3F)CC1)C(=O)N2. The third-order valence-electron chi connectivity index (χ3n) is 6.39. The second-order valence-electron chi connectivity index (χ2n) is 8.41. The number of rotatable bonds is 2. The fraction of sp³-hybridized carbons (Fsp3) is 0.391. The number of benzene rings is 2. The fourth-order valence-corrected chi connectivity index (χ4v) is 4.95. The minimum Gasteiger partial charge on any atom is -0.468 e. The Morgan fingerprint density at radius 1 is 1.10 bits per heavy atom. The summed E-state index contributed by atoms with van der Waals surface area (Å²) in [7, 11) is 0. The van der Waals surface area contributed by atoms with Gasteiger partial charge in [0.15, 0.2) is 5.72 Å². The van der Waals surface area contributed by atoms with Crippen molar-refractivity contribution in [3.05, 3.63) is 59.9 Å². The zero-order chi connectivity index (χ0) is 20.9. The van der Waals surface area contributed by atoms with Crippen molar-refractivity contribution < 1.29 is 18.7 Å². The lowest BCUT2D eigenvalue weighted by Crippen LogP contribution is -2.64. The van der Waals surface area contributed by atoms with Crippen LogP contribution >= 0.6 is 0 Å². The van der Waals surface area contributed by atoms with Crippen molar-refractivity contribution in [2.45, 2.75) is 25.0 Å². The lowest BCUT2D eigenvalue weighted by Gasteiger charge is -2.48. The second kappa shape index (κ2) is 7.00. The molecule has 2 fully saturated rings. The van der Waals surface area contributed by atoms with E-state index in [2.05, 4.69) is 5.32 Å². The number of hydrogen-bond donors (Lipinski definition) is 1. The highest BCUT2D eigenvalue weighted by Gasteiger charge is 2.52. The number of piperazine rings is 1. The van der Waals surface area contributed by atoms with E-state index in [0.29, 0.717) is 38.3 Å². The molecule has 3 aliphatic heterocycles. The number of para-hydroxylation sites is 2. The minimum absolute atomic E-state index is 0.163. The summed E-state index contributed by atoms with van der Waals surface area (Å²) in [4.78, 5) is 30.0. The molecule has 2 saturated heterocycles. The molecule has 1 N–H and O–H groups in total. The van der Waals surface area contributed by atoms with Crippen molar-refractivity contribution in [3.63, 3.8) is 0 Å². The van der Waals surface area contributed by atoms with Crippen LogP contribution in [-0.4, -0.2) is 48.6 Å². The van der Waals surface area contributed by atoms with Crippen molar-refractivity contribution in [3.8, 4) is 5.75 Å². The maximum Gasteiger partial charge on any atom is 0.236 e. The van der Waals surface area contributed by atoms with E-state index in [4.69, 9.17) is 4.74 Å². The Hall–Kier alpha value is -3.09. The first-order chi connectivity index (χ1) is 14.5. The van der Waals surface area contributed by atoms with Crippen LogP contribution in [0.25, 0.3) is 0 Å². The first-order valence-corrected chi connectivity index (χ1v) is 10.3. The molecule has 3 aliphatic rings. The molecule has 0 unspecified atom stereocenters. The normalized spacial score (nSPS) is 27.7. The van der Waals surface area contributed by atoms with Gasteiger partial charge in [-0.25, -0.2) is 4.39 Å². The molecular weight excluding hydrogens is 385 g/mol. The molecule has 0 aromatic heterocycles. The summed E-state index contributed by atoms with van der Waals surface area (Å²) in [5.74, 6) is -0.983. The maximum atomic E-state index is 14.1. The fourth-order valence-electron chi connectivity index (χ4n) is 4.95. The molecule has 2 amide bonds. The van der Waals surface area contributed by atoms with Crippen LogP contribution in [0.1, 0.15) is 24.8 Å². The lowest BCUT2D eigenvalue weighted by molar-refractivity contribution is -0.152. The van der Waals surface area contributed by atoms with Gasteiger partial charge in [-0.05, 0) is 30.7 Å². The van der Waals surface area contributed by atoms with Gasteiger partial charge in [-0.2, -0.15) is 0 Å². The predicted molar refractivity (Wildman–Crippen MR) is 110 cm³/mol. The van der Waals surface area contributed by atoms with Gasteiger partial charge in [0.2, 0.25) is 11.8 Å². The van der Waals surface area contributed by atoms with E-state index in [1.807, 2.05) is 42.2 Å². The number of hydrogen-bond acceptors (Lipinski definition) is 4. The van der Waals surface area contributed by atoms with Crippen molar-refractivity contribution >= 4 is 17.5 Å². The van der Waals surface area contributed by atoms with Crippen LogP contribution < -0.4 is 15.0 Å². The summed E-state index contributed by atoms with van der Waals surface area (Å²) < 4.78 is 20.1. The van der Waals surface area contributed by atoms with Crippen molar-refractivity contribution in [1.29, 1.82) is 0 Å². The van der Waals surface area contributed by atoms with Gasteiger partial charge in [0, 0.05) is 38.5 Å². The molecule has 30 heavy (non-hydrogen) atoms. The van der Waals surface area contributed by atoms with Crippen molar-refractivity contribution in [1.82, 2.24) is 10.2 Å². The summed E-state index contributed by atoms with van der Waals surface area (Å²) >= 11 is 0. The number of halogens is 1. The number of ether oxygens (including phenoxy) is 1. The summed E-state index contributed by atoms with van der Waals surface area (Å²) in [5, 5.41) is 2.91. The van der Waals surface area contributed by atoms with Gasteiger partial charge in [0.25, 0.3) is 0 Å². The number of fused-ring (bicyclic) bond motifs is 4. The van der Waals surface area contributed by atoms with Crippen LogP contribution in [0, 0.1) is 11.7 Å². The van der Waals surface area contributed by atoms with E-state index in [0.717, 1.165) is 11.3 Å². The second-order valence-corrected chi connectivity index (χ2v) is 8.41. The Balaban J connectivity index is 1.36. The zero-order valence-electron chi connectivity index (χ0n) is 16.8. The van der Waals surface area contributed by atoms with Crippen molar-refractivity contribution in [2.75, 3.05) is 31.1 Å². The number of piperidine rings is 1. The summed E-state index contributed by atoms with van der Waals surface area (Å²) in [6.45, 7) is 3.83. The monoisotopic (exact) mass is 409 g/mol. The summed E-state index contributed by atoms with van der Waals surface area (Å²) in [5.41, 5.74) is 0.665. The Labute approximate surface area is 174 Å². The van der Waals surface area contributed by atoms with Crippen LogP contribution in [0.3, 0.4) is 0 Å². The first-order valence-electron chi connectivity index (χ1n) is 10.3. The van der Waals surface area contributed by atoms with E-state index in [-0.39, 0.29) is 23.5 Å². The highest BCUT2D eigenvalue weighted by atomic mass is 19.1. The van der Waals surface area contributed by atoms with Gasteiger partial charge >= 0.3 is 0 Å². The Kier molecular flexibility index (Phi) is 4.41. The average molecular weight is 409 g/mol. The zero-order valence-corrected chi connectivity index (χ0v) is 16.8. The van der Waals surface area contributed by atoms with E-state index in [9.17, 15) is 14.0 Å². The van der Waals surface area contributed by atoms with Gasteiger partial charge in [-0.15, -0.1) is 0 Å². The molecule has 7 heteroatoms. The molecule has 0 aliphatic carbocycles. The molecule has 2 aromatic carbocycles. The third-order valence-corrected chi connectivity index (χ3v) is 6.39. The third kappa shape index (κ3) is 3.09. The van der Waals surface area contributed by atoms with Crippen LogP contribution in [0.15, 0.2) is 48.5 Å². The van der Waals surface area contributed by atoms with Crippen molar-refractivity contribution in [2.24, 2.45) is 5.92 Å². The molecule has 3 heterocycles. The van der Waals surface area contributed by atoms with Gasteiger partial charge in [0.1, 0.15) is 17.5 Å².